The largest absolute Gasteiger partial charge is 0.474 e. The maximum Gasteiger partial charge on any atom is 0.182 e. The highest BCUT2D eigenvalue weighted by molar-refractivity contribution is 5.89. The van der Waals surface area contributed by atoms with Crippen LogP contribution in [0, 0.1) is 0 Å². The molecule has 2 aromatic carbocycles. The van der Waals surface area contributed by atoms with Gasteiger partial charge in [-0.3, -0.25) is 0 Å². The van der Waals surface area contributed by atoms with E-state index >= 15 is 0 Å². The van der Waals surface area contributed by atoms with Crippen molar-refractivity contribution in [1.82, 2.24) is 14.5 Å². The van der Waals surface area contributed by atoms with Crippen LogP contribution in [0.4, 0.5) is 0 Å². The van der Waals surface area contributed by atoms with Crippen molar-refractivity contribution in [2.75, 3.05) is 13.1 Å². The van der Waals surface area contributed by atoms with Gasteiger partial charge >= 0.3 is 0 Å². The van der Waals surface area contributed by atoms with Crippen LogP contribution >= 0.6 is 0 Å². The summed E-state index contributed by atoms with van der Waals surface area (Å²) in [6.07, 6.45) is 7.07. The SMILES string of the molecule is C=C(OC(C)(C)C)N1CC(c2c[nH]c3ccccc23)[C@H](c2cn3c4c(cccc24)CCC3)C1. The molecule has 1 fully saturated rings. The lowest BCUT2D eigenvalue weighted by molar-refractivity contribution is 0.00833. The third-order valence-electron chi connectivity index (χ3n) is 7.37. The Kier molecular flexibility index (Phi) is 4.62. The molecular formula is C29H33N3O. The van der Waals surface area contributed by atoms with Crippen LogP contribution < -0.4 is 0 Å². The molecule has 0 spiro atoms. The highest BCUT2D eigenvalue weighted by Crippen LogP contribution is 2.46. The number of para-hydroxylation sites is 2. The maximum absolute atomic E-state index is 6.22. The van der Waals surface area contributed by atoms with E-state index in [0.717, 1.165) is 25.5 Å². The molecule has 4 heteroatoms. The number of benzene rings is 2. The minimum atomic E-state index is -0.255. The zero-order valence-electron chi connectivity index (χ0n) is 19.9. The predicted molar refractivity (Wildman–Crippen MR) is 136 cm³/mol. The third-order valence-corrected chi connectivity index (χ3v) is 7.37. The van der Waals surface area contributed by atoms with E-state index in [-0.39, 0.29) is 5.60 Å². The van der Waals surface area contributed by atoms with Gasteiger partial charge in [-0.15, -0.1) is 0 Å². The number of aromatic nitrogens is 2. The fourth-order valence-corrected chi connectivity index (χ4v) is 6.04. The topological polar surface area (TPSA) is 33.2 Å². The van der Waals surface area contributed by atoms with Crippen molar-refractivity contribution >= 4 is 21.8 Å². The fourth-order valence-electron chi connectivity index (χ4n) is 6.04. The minimum absolute atomic E-state index is 0.255. The van der Waals surface area contributed by atoms with Gasteiger partial charge in [0.2, 0.25) is 0 Å². The molecule has 4 heterocycles. The molecule has 4 nitrogen and oxygen atoms in total. The zero-order valence-corrected chi connectivity index (χ0v) is 19.9. The lowest BCUT2D eigenvalue weighted by Gasteiger charge is -2.28. The summed E-state index contributed by atoms with van der Waals surface area (Å²) in [6.45, 7) is 13.5. The number of fused-ring (bicyclic) bond motifs is 1. The van der Waals surface area contributed by atoms with Gasteiger partial charge in [0.05, 0.1) is 5.52 Å². The molecule has 0 saturated carbocycles. The number of nitrogens with one attached hydrogen (secondary N) is 1. The molecule has 2 atom stereocenters. The van der Waals surface area contributed by atoms with E-state index in [1.54, 1.807) is 0 Å². The normalized spacial score (nSPS) is 20.6. The molecule has 0 aliphatic carbocycles. The molecule has 33 heavy (non-hydrogen) atoms. The quantitative estimate of drug-likeness (QED) is 0.366. The van der Waals surface area contributed by atoms with E-state index in [4.69, 9.17) is 4.74 Å². The van der Waals surface area contributed by atoms with Gasteiger partial charge < -0.3 is 19.2 Å². The summed E-state index contributed by atoms with van der Waals surface area (Å²) in [5.74, 6) is 1.52. The van der Waals surface area contributed by atoms with E-state index in [1.165, 1.54) is 51.3 Å². The van der Waals surface area contributed by atoms with Crippen LogP contribution in [0.2, 0.25) is 0 Å². The van der Waals surface area contributed by atoms with Crippen molar-refractivity contribution < 1.29 is 4.74 Å². The molecular weight excluding hydrogens is 406 g/mol. The van der Waals surface area contributed by atoms with Crippen LogP contribution in [0.3, 0.4) is 0 Å². The van der Waals surface area contributed by atoms with Crippen molar-refractivity contribution in [3.63, 3.8) is 0 Å². The van der Waals surface area contributed by atoms with Gasteiger partial charge in [0, 0.05) is 60.2 Å². The molecule has 170 valence electrons. The van der Waals surface area contributed by atoms with E-state index < -0.39 is 0 Å². The molecule has 0 bridgehead atoms. The van der Waals surface area contributed by atoms with E-state index in [2.05, 4.69) is 96.7 Å². The van der Waals surface area contributed by atoms with Crippen molar-refractivity contribution in [2.45, 2.75) is 57.6 Å². The number of likely N-dealkylation sites (tertiary alicyclic amines) is 1. The molecule has 2 aromatic heterocycles. The van der Waals surface area contributed by atoms with Gasteiger partial charge in [-0.25, -0.2) is 0 Å². The maximum atomic E-state index is 6.22. The first-order valence-electron chi connectivity index (χ1n) is 12.2. The van der Waals surface area contributed by atoms with Crippen LogP contribution in [0.15, 0.2) is 67.3 Å². The average Bonchev–Trinajstić information content (AvgIpc) is 3.48. The van der Waals surface area contributed by atoms with Crippen LogP contribution in [0.1, 0.15) is 55.7 Å². The van der Waals surface area contributed by atoms with Crippen molar-refractivity contribution in [2.24, 2.45) is 0 Å². The van der Waals surface area contributed by atoms with Gasteiger partial charge in [0.1, 0.15) is 5.60 Å². The number of H-pyrrole nitrogens is 1. The second-order valence-electron chi connectivity index (χ2n) is 10.7. The van der Waals surface area contributed by atoms with Gasteiger partial charge in [0.15, 0.2) is 5.88 Å². The number of hydrogen-bond donors (Lipinski definition) is 1. The summed E-state index contributed by atoms with van der Waals surface area (Å²) in [5.41, 5.74) is 6.75. The van der Waals surface area contributed by atoms with Crippen molar-refractivity contribution in [1.29, 1.82) is 0 Å². The molecule has 4 aromatic rings. The van der Waals surface area contributed by atoms with Crippen LogP contribution in [0.25, 0.3) is 21.8 Å². The van der Waals surface area contributed by atoms with Gasteiger partial charge in [0.25, 0.3) is 0 Å². The Balaban J connectivity index is 1.46. The zero-order chi connectivity index (χ0) is 22.7. The standard InChI is InChI=1S/C29H33N3O/c1-19(33-29(2,3)4)32-17-25(23-15-30-27-13-6-5-11-21(23)27)26(18-32)24-16-31-14-8-10-20-9-7-12-22(24)28(20)31/h5-7,9,11-13,15-16,25-26,30H,1,8,10,14,17-18H2,2-4H3/t25?,26-/m0/s1. The second kappa shape index (κ2) is 7.44. The van der Waals surface area contributed by atoms with Crippen LogP contribution in [-0.4, -0.2) is 33.1 Å². The molecule has 6 rings (SSSR count). The van der Waals surface area contributed by atoms with Crippen molar-refractivity contribution in [3.05, 3.63) is 84.0 Å². The number of rotatable bonds is 4. The first-order valence-corrected chi connectivity index (χ1v) is 12.2. The Morgan fingerprint density at radius 1 is 1.00 bits per heavy atom. The highest BCUT2D eigenvalue weighted by atomic mass is 16.5. The number of aryl methyl sites for hydroxylation is 2. The summed E-state index contributed by atoms with van der Waals surface area (Å²) in [7, 11) is 0. The van der Waals surface area contributed by atoms with E-state index in [1.807, 2.05) is 0 Å². The number of aromatic amines is 1. The van der Waals surface area contributed by atoms with Gasteiger partial charge in [-0.05, 0) is 62.9 Å². The highest BCUT2D eigenvalue weighted by Gasteiger charge is 2.39. The number of ether oxygens (including phenoxy) is 1. The summed E-state index contributed by atoms with van der Waals surface area (Å²) in [4.78, 5) is 5.87. The number of nitrogens with zero attached hydrogens (tertiary/aromatic N) is 2. The summed E-state index contributed by atoms with van der Waals surface area (Å²) in [5, 5.41) is 2.75. The minimum Gasteiger partial charge on any atom is -0.474 e. The van der Waals surface area contributed by atoms with Crippen LogP contribution in [-0.2, 0) is 17.7 Å². The summed E-state index contributed by atoms with van der Waals surface area (Å²) >= 11 is 0. The lowest BCUT2D eigenvalue weighted by Crippen LogP contribution is -2.28. The molecule has 1 N–H and O–H groups in total. The Hall–Kier alpha value is -3.14. The predicted octanol–water partition coefficient (Wildman–Crippen LogP) is 6.54. The van der Waals surface area contributed by atoms with Crippen molar-refractivity contribution in [3.8, 4) is 0 Å². The Morgan fingerprint density at radius 3 is 2.58 bits per heavy atom. The Bertz CT molecular complexity index is 1350. The Labute approximate surface area is 195 Å². The summed E-state index contributed by atoms with van der Waals surface area (Å²) < 4.78 is 8.72. The average molecular weight is 440 g/mol. The third kappa shape index (κ3) is 3.43. The molecule has 0 amide bonds. The number of hydrogen-bond acceptors (Lipinski definition) is 2. The first kappa shape index (κ1) is 20.5. The van der Waals surface area contributed by atoms with Gasteiger partial charge in [-0.1, -0.05) is 36.4 Å². The van der Waals surface area contributed by atoms with Gasteiger partial charge in [-0.2, -0.15) is 0 Å². The van der Waals surface area contributed by atoms with E-state index in [0.29, 0.717) is 11.8 Å². The second-order valence-corrected chi connectivity index (χ2v) is 10.7. The Morgan fingerprint density at radius 2 is 1.76 bits per heavy atom. The van der Waals surface area contributed by atoms with E-state index in [9.17, 15) is 0 Å². The lowest BCUT2D eigenvalue weighted by atomic mass is 9.83. The first-order chi connectivity index (χ1) is 15.9. The summed E-state index contributed by atoms with van der Waals surface area (Å²) in [6, 6.07) is 15.5. The van der Waals surface area contributed by atoms with Crippen LogP contribution in [0.5, 0.6) is 0 Å². The molecule has 2 aliphatic rings. The molecule has 1 unspecified atom stereocenters. The molecule has 1 saturated heterocycles. The molecule has 0 radical (unpaired) electrons. The fraction of sp³-hybridized carbons (Fsp3) is 0.379. The monoisotopic (exact) mass is 439 g/mol. The smallest absolute Gasteiger partial charge is 0.182 e. The molecule has 2 aliphatic heterocycles.